The monoisotopic (exact) mass is 296 g/mol. The van der Waals surface area contributed by atoms with E-state index in [0.29, 0.717) is 5.92 Å². The van der Waals surface area contributed by atoms with Gasteiger partial charge in [-0.25, -0.2) is 0 Å². The quantitative estimate of drug-likeness (QED) is 0.893. The van der Waals surface area contributed by atoms with Crippen LogP contribution >= 0.6 is 0 Å². The van der Waals surface area contributed by atoms with E-state index in [1.165, 1.54) is 41.3 Å². The van der Waals surface area contributed by atoms with Gasteiger partial charge in [-0.2, -0.15) is 0 Å². The Labute approximate surface area is 131 Å². The molecule has 2 N–H and O–H groups in total. The summed E-state index contributed by atoms with van der Waals surface area (Å²) >= 11 is 0. The summed E-state index contributed by atoms with van der Waals surface area (Å²) in [4.78, 5) is 6.98. The van der Waals surface area contributed by atoms with Gasteiger partial charge >= 0.3 is 0 Å². The van der Waals surface area contributed by atoms with Crippen LogP contribution in [0, 0.1) is 0 Å². The molecular weight excluding hydrogens is 272 g/mol. The van der Waals surface area contributed by atoms with Crippen molar-refractivity contribution in [1.29, 1.82) is 0 Å². The highest BCUT2D eigenvalue weighted by Gasteiger charge is 2.19. The summed E-state index contributed by atoms with van der Waals surface area (Å²) in [5.74, 6) is 0.668. The zero-order chi connectivity index (χ0) is 14.8. The number of benzene rings is 1. The number of pyridine rings is 1. The third-order valence-electron chi connectivity index (χ3n) is 5.02. The van der Waals surface area contributed by atoms with Crippen molar-refractivity contribution in [3.8, 4) is 0 Å². The minimum absolute atomic E-state index is 0.668. The number of anilines is 1. The Bertz CT molecular complexity index is 585. The van der Waals surface area contributed by atoms with Crippen LogP contribution in [-0.4, -0.2) is 37.8 Å². The molecule has 2 aromatic rings. The number of nitrogens with zero attached hydrogens (tertiary/aromatic N) is 2. The number of piperidine rings is 1. The van der Waals surface area contributed by atoms with E-state index in [1.54, 1.807) is 0 Å². The van der Waals surface area contributed by atoms with Crippen LogP contribution in [0.2, 0.25) is 0 Å². The van der Waals surface area contributed by atoms with Crippen molar-refractivity contribution in [3.63, 3.8) is 0 Å². The molecule has 4 heteroatoms. The van der Waals surface area contributed by atoms with E-state index >= 15 is 0 Å². The number of nitrogens with one attached hydrogen (secondary N) is 2. The molecule has 2 aliphatic rings. The minimum atomic E-state index is 0.668. The Morgan fingerprint density at radius 3 is 2.73 bits per heavy atom. The summed E-state index contributed by atoms with van der Waals surface area (Å²) in [5.41, 5.74) is 2.76. The number of rotatable bonds is 2. The van der Waals surface area contributed by atoms with Crippen molar-refractivity contribution >= 4 is 16.5 Å². The molecule has 2 fully saturated rings. The average molecular weight is 296 g/mol. The van der Waals surface area contributed by atoms with Gasteiger partial charge < -0.3 is 10.2 Å². The molecule has 3 heterocycles. The fourth-order valence-electron chi connectivity index (χ4n) is 3.84. The lowest BCUT2D eigenvalue weighted by Crippen LogP contribution is -2.41. The molecule has 22 heavy (non-hydrogen) atoms. The topological polar surface area (TPSA) is 40.2 Å². The Balaban J connectivity index is 1.76. The van der Waals surface area contributed by atoms with Crippen molar-refractivity contribution in [1.82, 2.24) is 15.6 Å². The zero-order valence-electron chi connectivity index (χ0n) is 13.0. The van der Waals surface area contributed by atoms with Crippen LogP contribution in [0.1, 0.15) is 30.7 Å². The van der Waals surface area contributed by atoms with E-state index in [0.717, 1.165) is 32.8 Å². The van der Waals surface area contributed by atoms with E-state index in [2.05, 4.69) is 44.9 Å². The van der Waals surface area contributed by atoms with Gasteiger partial charge in [-0.05, 0) is 50.4 Å². The Morgan fingerprint density at radius 2 is 1.91 bits per heavy atom. The van der Waals surface area contributed by atoms with Crippen LogP contribution in [0.15, 0.2) is 30.6 Å². The molecule has 0 atom stereocenters. The zero-order valence-corrected chi connectivity index (χ0v) is 13.0. The van der Waals surface area contributed by atoms with Crippen LogP contribution in [0.3, 0.4) is 0 Å². The lowest BCUT2D eigenvalue weighted by atomic mass is 9.87. The maximum atomic E-state index is 4.56. The summed E-state index contributed by atoms with van der Waals surface area (Å²) in [5, 5.41) is 9.63. The lowest BCUT2D eigenvalue weighted by Gasteiger charge is -2.31. The molecule has 4 nitrogen and oxygen atoms in total. The normalized spacial score (nSPS) is 20.5. The van der Waals surface area contributed by atoms with Crippen molar-refractivity contribution in [3.05, 3.63) is 36.2 Å². The Morgan fingerprint density at radius 1 is 1.00 bits per heavy atom. The standard InChI is InChI=1S/C18H24N4/c1-3-15(14-5-8-19-9-6-14)17-11-21-12-18(16(17)4-1)22-10-2-7-20-13-22/h1,3-4,11-12,14,19-20H,2,5-10,13H2. The van der Waals surface area contributed by atoms with Crippen LogP contribution < -0.4 is 15.5 Å². The predicted octanol–water partition coefficient (Wildman–Crippen LogP) is 2.46. The van der Waals surface area contributed by atoms with E-state index in [1.807, 2.05) is 6.20 Å². The number of aromatic nitrogens is 1. The first-order chi connectivity index (χ1) is 10.9. The molecule has 1 aromatic carbocycles. The van der Waals surface area contributed by atoms with Crippen LogP contribution in [-0.2, 0) is 0 Å². The SMILES string of the molecule is c1cc(C2CCNCC2)c2cncc(N3CCCNC3)c2c1. The molecule has 116 valence electrons. The Kier molecular flexibility index (Phi) is 3.95. The summed E-state index contributed by atoms with van der Waals surface area (Å²) < 4.78 is 0. The molecule has 1 aromatic heterocycles. The molecule has 0 unspecified atom stereocenters. The highest BCUT2D eigenvalue weighted by atomic mass is 15.2. The average Bonchev–Trinajstić information content (AvgIpc) is 2.62. The maximum Gasteiger partial charge on any atom is 0.0682 e. The van der Waals surface area contributed by atoms with E-state index in [9.17, 15) is 0 Å². The van der Waals surface area contributed by atoms with Crippen LogP contribution in [0.5, 0.6) is 0 Å². The summed E-state index contributed by atoms with van der Waals surface area (Å²) in [7, 11) is 0. The van der Waals surface area contributed by atoms with Gasteiger partial charge in [-0.3, -0.25) is 10.3 Å². The second-order valence-electron chi connectivity index (χ2n) is 6.40. The number of fused-ring (bicyclic) bond motifs is 1. The minimum Gasteiger partial charge on any atom is -0.357 e. The second-order valence-corrected chi connectivity index (χ2v) is 6.40. The first-order valence-electron chi connectivity index (χ1n) is 8.46. The number of hydrogen-bond acceptors (Lipinski definition) is 4. The first kappa shape index (κ1) is 14.0. The molecule has 0 amide bonds. The summed E-state index contributed by atoms with van der Waals surface area (Å²) in [6, 6.07) is 6.78. The van der Waals surface area contributed by atoms with Crippen molar-refractivity contribution < 1.29 is 0 Å². The van der Waals surface area contributed by atoms with Gasteiger partial charge in [-0.1, -0.05) is 18.2 Å². The van der Waals surface area contributed by atoms with Gasteiger partial charge in [0.2, 0.25) is 0 Å². The lowest BCUT2D eigenvalue weighted by molar-refractivity contribution is 0.462. The van der Waals surface area contributed by atoms with E-state index in [4.69, 9.17) is 0 Å². The van der Waals surface area contributed by atoms with Crippen LogP contribution in [0.4, 0.5) is 5.69 Å². The predicted molar refractivity (Wildman–Crippen MR) is 91.4 cm³/mol. The van der Waals surface area contributed by atoms with E-state index in [-0.39, 0.29) is 0 Å². The maximum absolute atomic E-state index is 4.56. The largest absolute Gasteiger partial charge is 0.357 e. The second kappa shape index (κ2) is 6.23. The van der Waals surface area contributed by atoms with Crippen molar-refractivity contribution in [2.45, 2.75) is 25.2 Å². The molecular formula is C18H24N4. The van der Waals surface area contributed by atoms with E-state index < -0.39 is 0 Å². The first-order valence-corrected chi connectivity index (χ1v) is 8.46. The van der Waals surface area contributed by atoms with Crippen molar-refractivity contribution in [2.75, 3.05) is 37.7 Å². The molecule has 0 aliphatic carbocycles. The van der Waals surface area contributed by atoms with Gasteiger partial charge in [-0.15, -0.1) is 0 Å². The van der Waals surface area contributed by atoms with Crippen molar-refractivity contribution in [2.24, 2.45) is 0 Å². The highest BCUT2D eigenvalue weighted by molar-refractivity contribution is 5.95. The summed E-state index contributed by atoms with van der Waals surface area (Å²) in [6.45, 7) is 5.42. The third kappa shape index (κ3) is 2.57. The van der Waals surface area contributed by atoms with Gasteiger partial charge in [0.25, 0.3) is 0 Å². The smallest absolute Gasteiger partial charge is 0.0682 e. The van der Waals surface area contributed by atoms with Gasteiger partial charge in [0.15, 0.2) is 0 Å². The molecule has 2 saturated heterocycles. The molecule has 2 aliphatic heterocycles. The van der Waals surface area contributed by atoms with Crippen LogP contribution in [0.25, 0.3) is 10.8 Å². The summed E-state index contributed by atoms with van der Waals surface area (Å²) in [6.07, 6.45) is 7.75. The fraction of sp³-hybridized carbons (Fsp3) is 0.500. The molecule has 0 bridgehead atoms. The molecule has 0 spiro atoms. The van der Waals surface area contributed by atoms with Gasteiger partial charge in [0.1, 0.15) is 0 Å². The van der Waals surface area contributed by atoms with Gasteiger partial charge in [0, 0.05) is 23.5 Å². The molecule has 4 rings (SSSR count). The molecule has 0 radical (unpaired) electrons. The fourth-order valence-corrected chi connectivity index (χ4v) is 3.84. The van der Waals surface area contributed by atoms with Gasteiger partial charge in [0.05, 0.1) is 18.6 Å². The third-order valence-corrected chi connectivity index (χ3v) is 5.02. The highest BCUT2D eigenvalue weighted by Crippen LogP contribution is 2.34. The Hall–Kier alpha value is -1.65. The molecule has 0 saturated carbocycles. The number of hydrogen-bond donors (Lipinski definition) is 2.